The van der Waals surface area contributed by atoms with E-state index in [2.05, 4.69) is 10.2 Å². The van der Waals surface area contributed by atoms with E-state index in [0.717, 1.165) is 25.9 Å². The number of nitrogens with one attached hydrogen (secondary N) is 1. The maximum atomic E-state index is 12.3. The molecule has 0 saturated carbocycles. The van der Waals surface area contributed by atoms with Gasteiger partial charge >= 0.3 is 5.97 Å². The van der Waals surface area contributed by atoms with Crippen LogP contribution in [0.15, 0.2) is 18.2 Å². The third-order valence-electron chi connectivity index (χ3n) is 4.37. The first-order valence-corrected chi connectivity index (χ1v) is 8.54. The summed E-state index contributed by atoms with van der Waals surface area (Å²) in [6.07, 6.45) is 1.69. The van der Waals surface area contributed by atoms with Crippen molar-refractivity contribution in [2.45, 2.75) is 18.9 Å². The van der Waals surface area contributed by atoms with Crippen LogP contribution < -0.4 is 10.1 Å². The van der Waals surface area contributed by atoms with Crippen molar-refractivity contribution in [1.29, 1.82) is 0 Å². The molecule has 0 radical (unpaired) electrons. The molecule has 0 aromatic heterocycles. The Morgan fingerprint density at radius 2 is 2.04 bits per heavy atom. The first-order chi connectivity index (χ1) is 11.9. The fourth-order valence-corrected chi connectivity index (χ4v) is 3.20. The molecule has 1 fully saturated rings. The zero-order valence-electron chi connectivity index (χ0n) is 14.9. The topological polar surface area (TPSA) is 82.1 Å². The number of carbonyl (C=O) groups excluding carboxylic acids is 1. The van der Waals surface area contributed by atoms with Crippen molar-refractivity contribution < 1.29 is 19.4 Å². The molecule has 1 aromatic carbocycles. The molecule has 0 unspecified atom stereocenters. The second kappa shape index (κ2) is 10.6. The van der Waals surface area contributed by atoms with Crippen LogP contribution in [-0.2, 0) is 9.59 Å². The van der Waals surface area contributed by atoms with Gasteiger partial charge in [-0.15, -0.1) is 12.4 Å². The van der Waals surface area contributed by atoms with Crippen LogP contribution in [0.25, 0.3) is 0 Å². The van der Waals surface area contributed by atoms with Gasteiger partial charge < -0.3 is 15.2 Å². The molecule has 9 heteroatoms. The quantitative estimate of drug-likeness (QED) is 0.723. The molecular formula is C17H25Cl2N3O4. The number of likely N-dealkylation sites (tertiary alicyclic amines) is 1. The van der Waals surface area contributed by atoms with Crippen LogP contribution in [0.5, 0.6) is 5.75 Å². The largest absolute Gasteiger partial charge is 0.495 e. The lowest BCUT2D eigenvalue weighted by atomic mass is 10.0. The number of methoxy groups -OCH3 is 1. The molecule has 0 bridgehead atoms. The Morgan fingerprint density at radius 3 is 2.62 bits per heavy atom. The van der Waals surface area contributed by atoms with Gasteiger partial charge in [0.15, 0.2) is 0 Å². The molecule has 26 heavy (non-hydrogen) atoms. The van der Waals surface area contributed by atoms with Crippen molar-refractivity contribution in [2.75, 3.05) is 45.7 Å². The highest BCUT2D eigenvalue weighted by atomic mass is 35.5. The molecule has 1 heterocycles. The van der Waals surface area contributed by atoms with Gasteiger partial charge in [0.2, 0.25) is 5.91 Å². The molecule has 7 nitrogen and oxygen atoms in total. The van der Waals surface area contributed by atoms with Crippen LogP contribution in [-0.4, -0.2) is 73.2 Å². The summed E-state index contributed by atoms with van der Waals surface area (Å²) in [5.41, 5.74) is 0.552. The Labute approximate surface area is 164 Å². The van der Waals surface area contributed by atoms with Gasteiger partial charge in [0.25, 0.3) is 0 Å². The van der Waals surface area contributed by atoms with Gasteiger partial charge in [0.1, 0.15) is 5.75 Å². The van der Waals surface area contributed by atoms with Crippen LogP contribution in [0.3, 0.4) is 0 Å². The average molecular weight is 406 g/mol. The van der Waals surface area contributed by atoms with E-state index in [1.165, 1.54) is 7.11 Å². The van der Waals surface area contributed by atoms with E-state index in [-0.39, 0.29) is 37.4 Å². The Balaban J connectivity index is 0.00000338. The monoisotopic (exact) mass is 405 g/mol. The molecule has 2 N–H and O–H groups in total. The first-order valence-electron chi connectivity index (χ1n) is 8.17. The number of aliphatic carboxylic acids is 1. The predicted molar refractivity (Wildman–Crippen MR) is 104 cm³/mol. The molecule has 1 aliphatic heterocycles. The van der Waals surface area contributed by atoms with Crippen LogP contribution in [0.1, 0.15) is 12.8 Å². The standard InChI is InChI=1S/C17H24ClN3O4.ClH/c1-20(11-17(23)24)13-5-7-21(8-6-13)10-16(22)19-14-9-12(18)3-4-15(14)25-2;/h3-4,9,13H,5-8,10-11H2,1-2H3,(H,19,22)(H,23,24);1H. The first kappa shape index (κ1) is 22.5. The highest BCUT2D eigenvalue weighted by molar-refractivity contribution is 6.31. The number of carboxylic acids is 1. The minimum absolute atomic E-state index is 0. The Kier molecular flexibility index (Phi) is 9.15. The fraction of sp³-hybridized carbons (Fsp3) is 0.529. The fourth-order valence-electron chi connectivity index (χ4n) is 3.03. The summed E-state index contributed by atoms with van der Waals surface area (Å²) in [7, 11) is 3.36. The van der Waals surface area contributed by atoms with E-state index < -0.39 is 5.97 Å². The van der Waals surface area contributed by atoms with Crippen LogP contribution in [0.2, 0.25) is 5.02 Å². The number of carboxylic acid groups (broad SMARTS) is 1. The summed E-state index contributed by atoms with van der Waals surface area (Å²) in [5, 5.41) is 12.2. The van der Waals surface area contributed by atoms with E-state index in [0.29, 0.717) is 16.5 Å². The van der Waals surface area contributed by atoms with Crippen molar-refractivity contribution in [2.24, 2.45) is 0 Å². The second-order valence-electron chi connectivity index (χ2n) is 6.21. The van der Waals surface area contributed by atoms with Crippen LogP contribution in [0.4, 0.5) is 5.69 Å². The Bertz CT molecular complexity index is 622. The van der Waals surface area contributed by atoms with Crippen molar-refractivity contribution in [3.8, 4) is 5.75 Å². The normalized spacial score (nSPS) is 15.4. The number of hydrogen-bond acceptors (Lipinski definition) is 5. The van der Waals surface area contributed by atoms with E-state index >= 15 is 0 Å². The van der Waals surface area contributed by atoms with E-state index in [9.17, 15) is 9.59 Å². The third kappa shape index (κ3) is 6.64. The van der Waals surface area contributed by atoms with Gasteiger partial charge in [0.05, 0.1) is 25.9 Å². The third-order valence-corrected chi connectivity index (χ3v) is 4.60. The van der Waals surface area contributed by atoms with Crippen LogP contribution in [0, 0.1) is 0 Å². The molecular weight excluding hydrogens is 381 g/mol. The van der Waals surface area contributed by atoms with E-state index in [1.54, 1.807) is 18.2 Å². The number of benzene rings is 1. The highest BCUT2D eigenvalue weighted by Crippen LogP contribution is 2.27. The zero-order chi connectivity index (χ0) is 18.4. The lowest BCUT2D eigenvalue weighted by Crippen LogP contribution is -2.46. The maximum absolute atomic E-state index is 12.3. The number of ether oxygens (including phenoxy) is 1. The van der Waals surface area contributed by atoms with Crippen molar-refractivity contribution >= 4 is 41.6 Å². The average Bonchev–Trinajstić information content (AvgIpc) is 2.55. The molecule has 146 valence electrons. The number of halogens is 2. The minimum Gasteiger partial charge on any atom is -0.495 e. The molecule has 0 spiro atoms. The summed E-state index contributed by atoms with van der Waals surface area (Å²) in [5.74, 6) is -0.385. The Morgan fingerprint density at radius 1 is 1.38 bits per heavy atom. The van der Waals surface area contributed by atoms with Gasteiger partial charge in [0, 0.05) is 24.2 Å². The second-order valence-corrected chi connectivity index (χ2v) is 6.65. The summed E-state index contributed by atoms with van der Waals surface area (Å²) in [4.78, 5) is 27.0. The molecule has 2 rings (SSSR count). The van der Waals surface area contributed by atoms with Gasteiger partial charge in [-0.25, -0.2) is 0 Å². The summed E-state index contributed by atoms with van der Waals surface area (Å²) in [6.45, 7) is 1.84. The highest BCUT2D eigenvalue weighted by Gasteiger charge is 2.24. The van der Waals surface area contributed by atoms with E-state index in [4.69, 9.17) is 21.4 Å². The van der Waals surface area contributed by atoms with Gasteiger partial charge in [-0.1, -0.05) is 11.6 Å². The lowest BCUT2D eigenvalue weighted by molar-refractivity contribution is -0.138. The number of rotatable bonds is 7. The summed E-state index contributed by atoms with van der Waals surface area (Å²) in [6, 6.07) is 5.31. The number of nitrogens with zero attached hydrogens (tertiary/aromatic N) is 2. The van der Waals surface area contributed by atoms with Crippen molar-refractivity contribution in [3.05, 3.63) is 23.2 Å². The molecule has 0 atom stereocenters. The summed E-state index contributed by atoms with van der Waals surface area (Å²) >= 11 is 5.97. The number of hydrogen-bond donors (Lipinski definition) is 2. The number of amides is 1. The smallest absolute Gasteiger partial charge is 0.317 e. The van der Waals surface area contributed by atoms with Gasteiger partial charge in [-0.2, -0.15) is 0 Å². The summed E-state index contributed by atoms with van der Waals surface area (Å²) < 4.78 is 5.22. The number of anilines is 1. The van der Waals surface area contributed by atoms with Crippen molar-refractivity contribution in [3.63, 3.8) is 0 Å². The van der Waals surface area contributed by atoms with Crippen molar-refractivity contribution in [1.82, 2.24) is 9.80 Å². The van der Waals surface area contributed by atoms with Gasteiger partial charge in [-0.3, -0.25) is 19.4 Å². The molecule has 1 aliphatic rings. The lowest BCUT2D eigenvalue weighted by Gasteiger charge is -2.35. The molecule has 1 aromatic rings. The molecule has 0 aliphatic carbocycles. The minimum atomic E-state index is -0.820. The van der Waals surface area contributed by atoms with Crippen LogP contribution >= 0.6 is 24.0 Å². The number of likely N-dealkylation sites (N-methyl/N-ethyl adjacent to an activating group) is 1. The molecule has 1 saturated heterocycles. The predicted octanol–water partition coefficient (Wildman–Crippen LogP) is 2.19. The number of piperidine rings is 1. The van der Waals surface area contributed by atoms with E-state index in [1.807, 2.05) is 11.9 Å². The zero-order valence-corrected chi connectivity index (χ0v) is 16.5. The maximum Gasteiger partial charge on any atom is 0.317 e. The Hall–Kier alpha value is -1.54. The van der Waals surface area contributed by atoms with Gasteiger partial charge in [-0.05, 0) is 38.1 Å². The molecule has 1 amide bonds. The number of carbonyl (C=O) groups is 2. The SMILES string of the molecule is COc1ccc(Cl)cc1NC(=O)CN1CCC(N(C)CC(=O)O)CC1.Cl.